The largest absolute Gasteiger partial charge is 0.507 e. The number of halogens is 1. The summed E-state index contributed by atoms with van der Waals surface area (Å²) in [6.07, 6.45) is 0. The number of hydrogen-bond donors (Lipinski definition) is 2. The summed E-state index contributed by atoms with van der Waals surface area (Å²) < 4.78 is 0. The van der Waals surface area contributed by atoms with Crippen LogP contribution < -0.4 is 10.2 Å². The summed E-state index contributed by atoms with van der Waals surface area (Å²) >= 11 is 6.02. The molecule has 2 N–H and O–H groups in total. The minimum atomic E-state index is -0.992. The van der Waals surface area contributed by atoms with Gasteiger partial charge in [0.15, 0.2) is 0 Å². The number of Topliss-reactive ketones (excluding diaryl/α,β-unsaturated/α-hetero) is 1. The average Bonchev–Trinajstić information content (AvgIpc) is 3.10. The molecule has 1 unspecified atom stereocenters. The summed E-state index contributed by atoms with van der Waals surface area (Å²) in [6, 6.07) is 16.8. The Morgan fingerprint density at radius 3 is 2.14 bits per heavy atom. The Morgan fingerprint density at radius 1 is 1.00 bits per heavy atom. The maximum absolute atomic E-state index is 13.2. The van der Waals surface area contributed by atoms with Crippen molar-refractivity contribution in [3.05, 3.63) is 105 Å². The molecule has 9 nitrogen and oxygen atoms in total. The summed E-state index contributed by atoms with van der Waals surface area (Å²) in [6.45, 7) is 1.37. The number of nitro benzene ring substituents is 1. The molecule has 0 bridgehead atoms. The van der Waals surface area contributed by atoms with Crippen LogP contribution in [0.2, 0.25) is 5.02 Å². The van der Waals surface area contributed by atoms with Crippen molar-refractivity contribution >= 4 is 52.0 Å². The molecule has 2 amide bonds. The fourth-order valence-electron chi connectivity index (χ4n) is 3.86. The van der Waals surface area contributed by atoms with E-state index in [-0.39, 0.29) is 22.7 Å². The number of nitrogens with zero attached hydrogens (tertiary/aromatic N) is 2. The Balaban J connectivity index is 1.85. The zero-order valence-electron chi connectivity index (χ0n) is 18.3. The second-order valence-electron chi connectivity index (χ2n) is 7.75. The molecule has 1 saturated heterocycles. The molecule has 176 valence electrons. The molecule has 1 aliphatic heterocycles. The molecule has 1 fully saturated rings. The highest BCUT2D eigenvalue weighted by Gasteiger charge is 2.47. The molecular weight excluding hydrogens is 474 g/mol. The molecule has 0 spiro atoms. The van der Waals surface area contributed by atoms with Gasteiger partial charge in [0.25, 0.3) is 17.4 Å². The summed E-state index contributed by atoms with van der Waals surface area (Å²) in [5, 5.41) is 25.1. The molecule has 0 aliphatic carbocycles. The van der Waals surface area contributed by atoms with Crippen molar-refractivity contribution in [3.63, 3.8) is 0 Å². The summed E-state index contributed by atoms with van der Waals surface area (Å²) in [4.78, 5) is 49.3. The van der Waals surface area contributed by atoms with E-state index in [9.17, 15) is 29.6 Å². The maximum Gasteiger partial charge on any atom is 0.300 e. The summed E-state index contributed by atoms with van der Waals surface area (Å²) in [5.74, 6) is -2.49. The van der Waals surface area contributed by atoms with E-state index in [0.717, 1.165) is 0 Å². The highest BCUT2D eigenvalue weighted by molar-refractivity contribution is 6.51. The van der Waals surface area contributed by atoms with Crippen molar-refractivity contribution in [1.82, 2.24) is 0 Å². The molecule has 1 atom stereocenters. The van der Waals surface area contributed by atoms with E-state index in [1.54, 1.807) is 48.5 Å². The molecule has 4 rings (SSSR count). The van der Waals surface area contributed by atoms with Gasteiger partial charge in [0, 0.05) is 41.0 Å². The van der Waals surface area contributed by atoms with Gasteiger partial charge >= 0.3 is 0 Å². The third-order valence-corrected chi connectivity index (χ3v) is 5.70. The number of carbonyl (C=O) groups excluding carboxylic acids is 3. The van der Waals surface area contributed by atoms with Crippen molar-refractivity contribution in [1.29, 1.82) is 0 Å². The number of rotatable bonds is 5. The number of ketones is 1. The van der Waals surface area contributed by atoms with Crippen LogP contribution in [0.3, 0.4) is 0 Å². The Hall–Kier alpha value is -4.50. The Labute approximate surface area is 204 Å². The number of benzene rings is 3. The van der Waals surface area contributed by atoms with Crippen LogP contribution in [0.5, 0.6) is 0 Å². The normalized spacial score (nSPS) is 16.9. The number of aliphatic hydroxyl groups is 1. The summed E-state index contributed by atoms with van der Waals surface area (Å²) in [5.41, 5.74) is 1.18. The Bertz CT molecular complexity index is 1370. The van der Waals surface area contributed by atoms with E-state index >= 15 is 0 Å². The first-order chi connectivity index (χ1) is 16.7. The van der Waals surface area contributed by atoms with Gasteiger partial charge in [0.1, 0.15) is 5.76 Å². The minimum absolute atomic E-state index is 0.147. The van der Waals surface area contributed by atoms with Crippen LogP contribution in [0, 0.1) is 10.1 Å². The van der Waals surface area contributed by atoms with Gasteiger partial charge in [-0.2, -0.15) is 0 Å². The molecule has 1 aliphatic rings. The number of nitrogens with one attached hydrogen (secondary N) is 1. The number of anilines is 2. The van der Waals surface area contributed by atoms with Crippen LogP contribution in [-0.2, 0) is 14.4 Å². The van der Waals surface area contributed by atoms with Gasteiger partial charge in [-0.3, -0.25) is 29.4 Å². The monoisotopic (exact) mass is 491 g/mol. The predicted molar refractivity (Wildman–Crippen MR) is 130 cm³/mol. The third kappa shape index (κ3) is 4.62. The standard InChI is InChI=1S/C25H18ClN3O6/c1-14(30)27-18-8-12-19(13-9-18)28-22(15-2-6-17(26)7-3-15)21(24(32)25(28)33)23(31)16-4-10-20(11-5-16)29(34)35/h2-13,22,31H,1H3,(H,27,30). The van der Waals surface area contributed by atoms with Crippen LogP contribution in [0.15, 0.2) is 78.4 Å². The quantitative estimate of drug-likeness (QED) is 0.173. The minimum Gasteiger partial charge on any atom is -0.507 e. The van der Waals surface area contributed by atoms with Crippen molar-refractivity contribution in [2.24, 2.45) is 0 Å². The molecule has 3 aromatic carbocycles. The molecule has 1 heterocycles. The van der Waals surface area contributed by atoms with E-state index in [1.165, 1.54) is 36.1 Å². The van der Waals surface area contributed by atoms with E-state index in [2.05, 4.69) is 5.32 Å². The number of amides is 2. The van der Waals surface area contributed by atoms with Gasteiger partial charge in [-0.25, -0.2) is 0 Å². The number of nitro groups is 1. The first kappa shape index (κ1) is 23.7. The fourth-order valence-corrected chi connectivity index (χ4v) is 3.99. The molecular formula is C25H18ClN3O6. The Morgan fingerprint density at radius 2 is 1.60 bits per heavy atom. The fraction of sp³-hybridized carbons (Fsp3) is 0.0800. The van der Waals surface area contributed by atoms with Crippen LogP contribution in [0.1, 0.15) is 24.1 Å². The lowest BCUT2D eigenvalue weighted by molar-refractivity contribution is -0.384. The predicted octanol–water partition coefficient (Wildman–Crippen LogP) is 4.83. The number of non-ortho nitro benzene ring substituents is 1. The van der Waals surface area contributed by atoms with Gasteiger partial charge in [0.2, 0.25) is 5.91 Å². The smallest absolute Gasteiger partial charge is 0.300 e. The van der Waals surface area contributed by atoms with E-state index in [1.807, 2.05) is 0 Å². The average molecular weight is 492 g/mol. The number of aliphatic hydroxyl groups excluding tert-OH is 1. The first-order valence-corrected chi connectivity index (χ1v) is 10.7. The molecule has 0 radical (unpaired) electrons. The highest BCUT2D eigenvalue weighted by atomic mass is 35.5. The van der Waals surface area contributed by atoms with Gasteiger partial charge in [-0.05, 0) is 54.1 Å². The van der Waals surface area contributed by atoms with Gasteiger partial charge in [-0.15, -0.1) is 0 Å². The van der Waals surface area contributed by atoms with Gasteiger partial charge < -0.3 is 10.4 Å². The lowest BCUT2D eigenvalue weighted by Gasteiger charge is -2.25. The second-order valence-corrected chi connectivity index (χ2v) is 8.19. The lowest BCUT2D eigenvalue weighted by atomic mass is 9.95. The SMILES string of the molecule is CC(=O)Nc1ccc(N2C(=O)C(=O)C(=C(O)c3ccc([N+](=O)[O-])cc3)C2c2ccc(Cl)cc2)cc1. The van der Waals surface area contributed by atoms with Crippen LogP contribution >= 0.6 is 11.6 Å². The lowest BCUT2D eigenvalue weighted by Crippen LogP contribution is -2.29. The zero-order chi connectivity index (χ0) is 25.3. The van der Waals surface area contributed by atoms with Crippen LogP contribution in [0.25, 0.3) is 5.76 Å². The molecule has 0 aromatic heterocycles. The zero-order valence-corrected chi connectivity index (χ0v) is 19.0. The molecule has 0 saturated carbocycles. The summed E-state index contributed by atoms with van der Waals surface area (Å²) in [7, 11) is 0. The van der Waals surface area contributed by atoms with Crippen LogP contribution in [0.4, 0.5) is 17.1 Å². The third-order valence-electron chi connectivity index (χ3n) is 5.45. The van der Waals surface area contributed by atoms with Crippen molar-refractivity contribution < 1.29 is 24.4 Å². The Kier molecular flexibility index (Phi) is 6.35. The first-order valence-electron chi connectivity index (χ1n) is 10.4. The topological polar surface area (TPSA) is 130 Å². The van der Waals surface area contributed by atoms with Crippen molar-refractivity contribution in [2.75, 3.05) is 10.2 Å². The van der Waals surface area contributed by atoms with E-state index in [0.29, 0.717) is 22.0 Å². The van der Waals surface area contributed by atoms with E-state index < -0.39 is 28.4 Å². The number of carbonyl (C=O) groups is 3. The molecule has 10 heteroatoms. The molecule has 3 aromatic rings. The van der Waals surface area contributed by atoms with Crippen LogP contribution in [-0.4, -0.2) is 27.6 Å². The van der Waals surface area contributed by atoms with E-state index in [4.69, 9.17) is 11.6 Å². The second kappa shape index (κ2) is 9.40. The van der Waals surface area contributed by atoms with Gasteiger partial charge in [0.05, 0.1) is 16.5 Å². The molecule has 35 heavy (non-hydrogen) atoms. The highest BCUT2D eigenvalue weighted by Crippen LogP contribution is 2.42. The van der Waals surface area contributed by atoms with Crippen molar-refractivity contribution in [3.8, 4) is 0 Å². The number of hydrogen-bond acceptors (Lipinski definition) is 6. The maximum atomic E-state index is 13.2. The van der Waals surface area contributed by atoms with Gasteiger partial charge in [-0.1, -0.05) is 23.7 Å². The van der Waals surface area contributed by atoms with Crippen molar-refractivity contribution in [2.45, 2.75) is 13.0 Å².